The van der Waals surface area contributed by atoms with Crippen LogP contribution in [-0.4, -0.2) is 15.9 Å². The Kier molecular flexibility index (Phi) is 3.56. The molecule has 1 saturated carbocycles. The van der Waals surface area contributed by atoms with Gasteiger partial charge in [-0.15, -0.1) is 0 Å². The standard InChI is InChI=1S/C10H14F3N3S/c1-6-2-3-7(4-6)5-14-9-15-8(16-17-9)10(11,12)13/h6-7H,2-5H2,1H3,(H,14,15,16). The van der Waals surface area contributed by atoms with E-state index in [-0.39, 0.29) is 5.13 Å². The summed E-state index contributed by atoms with van der Waals surface area (Å²) in [5.74, 6) is 0.218. The highest BCUT2D eigenvalue weighted by atomic mass is 32.1. The zero-order chi connectivity index (χ0) is 12.5. The van der Waals surface area contributed by atoms with E-state index in [1.807, 2.05) is 0 Å². The normalized spacial score (nSPS) is 25.2. The summed E-state index contributed by atoms with van der Waals surface area (Å²) in [6.45, 7) is 2.89. The third-order valence-electron chi connectivity index (χ3n) is 3.02. The zero-order valence-corrected chi connectivity index (χ0v) is 10.2. The largest absolute Gasteiger partial charge is 0.452 e. The lowest BCUT2D eigenvalue weighted by Crippen LogP contribution is -2.12. The maximum Gasteiger partial charge on any atom is 0.452 e. The first-order valence-electron chi connectivity index (χ1n) is 5.60. The SMILES string of the molecule is CC1CCC(CNc2nc(C(F)(F)F)ns2)C1. The van der Waals surface area contributed by atoms with Crippen LogP contribution >= 0.6 is 11.5 Å². The molecule has 0 radical (unpaired) electrons. The summed E-state index contributed by atoms with van der Waals surface area (Å²) < 4.78 is 40.0. The molecule has 1 aliphatic rings. The van der Waals surface area contributed by atoms with Gasteiger partial charge in [0.15, 0.2) is 0 Å². The van der Waals surface area contributed by atoms with Crippen molar-refractivity contribution < 1.29 is 13.2 Å². The lowest BCUT2D eigenvalue weighted by Gasteiger charge is -2.09. The van der Waals surface area contributed by atoms with Crippen LogP contribution in [0.4, 0.5) is 18.3 Å². The Morgan fingerprint density at radius 3 is 2.71 bits per heavy atom. The van der Waals surface area contributed by atoms with Crippen LogP contribution in [0.2, 0.25) is 0 Å². The molecule has 7 heteroatoms. The molecule has 1 aromatic rings. The van der Waals surface area contributed by atoms with Crippen LogP contribution in [-0.2, 0) is 6.18 Å². The number of nitrogens with one attached hydrogen (secondary N) is 1. The number of rotatable bonds is 3. The minimum Gasteiger partial charge on any atom is -0.360 e. The molecule has 1 aromatic heterocycles. The van der Waals surface area contributed by atoms with Gasteiger partial charge in [-0.05, 0) is 24.7 Å². The molecule has 0 aromatic carbocycles. The highest BCUT2D eigenvalue weighted by Gasteiger charge is 2.36. The Hall–Kier alpha value is -0.850. The van der Waals surface area contributed by atoms with Gasteiger partial charge in [0.05, 0.1) is 0 Å². The monoisotopic (exact) mass is 265 g/mol. The maximum absolute atomic E-state index is 12.2. The van der Waals surface area contributed by atoms with Gasteiger partial charge in [0.1, 0.15) is 0 Å². The Morgan fingerprint density at radius 1 is 1.41 bits per heavy atom. The van der Waals surface area contributed by atoms with E-state index in [0.29, 0.717) is 12.5 Å². The molecule has 1 aliphatic carbocycles. The van der Waals surface area contributed by atoms with Crippen LogP contribution in [0.1, 0.15) is 32.0 Å². The third-order valence-corrected chi connectivity index (χ3v) is 3.70. The summed E-state index contributed by atoms with van der Waals surface area (Å²) in [5, 5.41) is 3.21. The van der Waals surface area contributed by atoms with Gasteiger partial charge >= 0.3 is 6.18 Å². The van der Waals surface area contributed by atoms with Crippen molar-refractivity contribution in [2.45, 2.75) is 32.4 Å². The van der Waals surface area contributed by atoms with Crippen molar-refractivity contribution in [1.82, 2.24) is 9.36 Å². The van der Waals surface area contributed by atoms with Gasteiger partial charge < -0.3 is 5.32 Å². The molecule has 1 heterocycles. The average molecular weight is 265 g/mol. The van der Waals surface area contributed by atoms with Crippen LogP contribution in [0.15, 0.2) is 0 Å². The second-order valence-corrected chi connectivity index (χ2v) is 5.34. The molecular formula is C10H14F3N3S. The van der Waals surface area contributed by atoms with E-state index in [1.54, 1.807) is 0 Å². The van der Waals surface area contributed by atoms with Crippen molar-refractivity contribution in [3.8, 4) is 0 Å². The van der Waals surface area contributed by atoms with E-state index in [9.17, 15) is 13.2 Å². The molecule has 96 valence electrons. The highest BCUT2D eigenvalue weighted by Crippen LogP contribution is 2.31. The van der Waals surface area contributed by atoms with Crippen molar-refractivity contribution >= 4 is 16.7 Å². The number of hydrogen-bond donors (Lipinski definition) is 1. The van der Waals surface area contributed by atoms with Crippen LogP contribution in [0, 0.1) is 11.8 Å². The van der Waals surface area contributed by atoms with Gasteiger partial charge in [-0.1, -0.05) is 13.3 Å². The molecule has 1 fully saturated rings. The Bertz CT molecular complexity index is 377. The number of aromatic nitrogens is 2. The highest BCUT2D eigenvalue weighted by molar-refractivity contribution is 7.09. The summed E-state index contributed by atoms with van der Waals surface area (Å²) >= 11 is 0.768. The van der Waals surface area contributed by atoms with Crippen molar-refractivity contribution in [1.29, 1.82) is 0 Å². The van der Waals surface area contributed by atoms with Crippen molar-refractivity contribution in [3.63, 3.8) is 0 Å². The molecule has 0 amide bonds. The molecule has 17 heavy (non-hydrogen) atoms. The number of alkyl halides is 3. The van der Waals surface area contributed by atoms with E-state index in [1.165, 1.54) is 6.42 Å². The number of halogens is 3. The molecule has 0 aliphatic heterocycles. The van der Waals surface area contributed by atoms with Crippen LogP contribution < -0.4 is 5.32 Å². The first kappa shape index (κ1) is 12.6. The van der Waals surface area contributed by atoms with Crippen molar-refractivity contribution in [3.05, 3.63) is 5.82 Å². The van der Waals surface area contributed by atoms with Crippen LogP contribution in [0.3, 0.4) is 0 Å². The number of hydrogen-bond acceptors (Lipinski definition) is 4. The molecule has 0 spiro atoms. The second-order valence-electron chi connectivity index (χ2n) is 4.59. The molecule has 0 bridgehead atoms. The predicted molar refractivity (Wildman–Crippen MR) is 59.9 cm³/mol. The quantitative estimate of drug-likeness (QED) is 0.910. The predicted octanol–water partition coefficient (Wildman–Crippen LogP) is 3.41. The second kappa shape index (κ2) is 4.80. The van der Waals surface area contributed by atoms with Gasteiger partial charge in [0, 0.05) is 18.1 Å². The van der Waals surface area contributed by atoms with E-state index in [2.05, 4.69) is 21.6 Å². The third kappa shape index (κ3) is 3.31. The fourth-order valence-electron chi connectivity index (χ4n) is 2.15. The average Bonchev–Trinajstić information content (AvgIpc) is 2.82. The van der Waals surface area contributed by atoms with E-state index in [4.69, 9.17) is 0 Å². The van der Waals surface area contributed by atoms with Crippen LogP contribution in [0.5, 0.6) is 0 Å². The summed E-state index contributed by atoms with van der Waals surface area (Å²) in [5.41, 5.74) is 0. The molecular weight excluding hydrogens is 251 g/mol. The molecule has 2 rings (SSSR count). The minimum absolute atomic E-state index is 0.261. The molecule has 3 nitrogen and oxygen atoms in total. The lowest BCUT2D eigenvalue weighted by molar-refractivity contribution is -0.144. The van der Waals surface area contributed by atoms with Crippen molar-refractivity contribution in [2.75, 3.05) is 11.9 Å². The van der Waals surface area contributed by atoms with Crippen LogP contribution in [0.25, 0.3) is 0 Å². The molecule has 1 N–H and O–H groups in total. The summed E-state index contributed by atoms with van der Waals surface area (Å²) in [4.78, 5) is 3.43. The molecule has 2 atom stereocenters. The summed E-state index contributed by atoms with van der Waals surface area (Å²) in [6.07, 6.45) is -0.967. The first-order chi connectivity index (χ1) is 7.95. The smallest absolute Gasteiger partial charge is 0.360 e. The number of anilines is 1. The topological polar surface area (TPSA) is 37.8 Å². The fraction of sp³-hybridized carbons (Fsp3) is 0.800. The van der Waals surface area contributed by atoms with E-state index >= 15 is 0 Å². The molecule has 0 saturated heterocycles. The minimum atomic E-state index is -4.45. The summed E-state index contributed by atoms with van der Waals surface area (Å²) in [7, 11) is 0. The Morgan fingerprint density at radius 2 is 2.18 bits per heavy atom. The van der Waals surface area contributed by atoms with Gasteiger partial charge in [-0.2, -0.15) is 22.5 Å². The van der Waals surface area contributed by atoms with E-state index in [0.717, 1.165) is 30.3 Å². The Labute approximate surface area is 102 Å². The van der Waals surface area contributed by atoms with Crippen molar-refractivity contribution in [2.24, 2.45) is 11.8 Å². The van der Waals surface area contributed by atoms with Gasteiger partial charge in [-0.25, -0.2) is 0 Å². The summed E-state index contributed by atoms with van der Waals surface area (Å²) in [6, 6.07) is 0. The zero-order valence-electron chi connectivity index (χ0n) is 9.42. The van der Waals surface area contributed by atoms with Gasteiger partial charge in [0.25, 0.3) is 0 Å². The molecule has 2 unspecified atom stereocenters. The van der Waals surface area contributed by atoms with Gasteiger partial charge in [-0.3, -0.25) is 0 Å². The fourth-order valence-corrected chi connectivity index (χ4v) is 2.74. The number of nitrogens with zero attached hydrogens (tertiary/aromatic N) is 2. The maximum atomic E-state index is 12.2. The lowest BCUT2D eigenvalue weighted by atomic mass is 10.1. The Balaban J connectivity index is 1.85. The first-order valence-corrected chi connectivity index (χ1v) is 6.37. The van der Waals surface area contributed by atoms with Gasteiger partial charge in [0.2, 0.25) is 11.0 Å². The van der Waals surface area contributed by atoms with E-state index < -0.39 is 12.0 Å².